The van der Waals surface area contributed by atoms with E-state index in [2.05, 4.69) is 34.9 Å². The molecule has 2 aromatic carbocycles. The van der Waals surface area contributed by atoms with Crippen LogP contribution in [0, 0.1) is 0 Å². The first-order valence-electron chi connectivity index (χ1n) is 7.36. The van der Waals surface area contributed by atoms with Crippen molar-refractivity contribution in [3.8, 4) is 11.5 Å². The first kappa shape index (κ1) is 16.3. The van der Waals surface area contributed by atoms with E-state index in [-0.39, 0.29) is 12.1 Å². The fourth-order valence-corrected chi connectivity index (χ4v) is 2.67. The second kappa shape index (κ2) is 7.82. The van der Waals surface area contributed by atoms with Gasteiger partial charge in [0.25, 0.3) is 0 Å². The molecule has 0 aromatic heterocycles. The van der Waals surface area contributed by atoms with Gasteiger partial charge in [-0.25, -0.2) is 0 Å². The lowest BCUT2D eigenvalue weighted by molar-refractivity contribution is 0.409. The average molecular weight is 300 g/mol. The van der Waals surface area contributed by atoms with Crippen molar-refractivity contribution < 1.29 is 9.47 Å². The molecule has 2 N–H and O–H groups in total. The van der Waals surface area contributed by atoms with Crippen LogP contribution in [0.1, 0.15) is 23.2 Å². The van der Waals surface area contributed by atoms with Gasteiger partial charge in [-0.3, -0.25) is 0 Å². The van der Waals surface area contributed by atoms with Crippen LogP contribution in [0.4, 0.5) is 0 Å². The van der Waals surface area contributed by atoms with Gasteiger partial charge in [0.05, 0.1) is 26.3 Å². The van der Waals surface area contributed by atoms with Crippen LogP contribution in [-0.4, -0.2) is 28.3 Å². The van der Waals surface area contributed by atoms with E-state index in [1.54, 1.807) is 14.2 Å². The molecule has 0 saturated carbocycles. The monoisotopic (exact) mass is 300 g/mol. The van der Waals surface area contributed by atoms with Crippen molar-refractivity contribution in [3.05, 3.63) is 59.7 Å². The lowest BCUT2D eigenvalue weighted by Crippen LogP contribution is -2.31. The van der Waals surface area contributed by atoms with Crippen LogP contribution in [0.2, 0.25) is 0 Å². The summed E-state index contributed by atoms with van der Waals surface area (Å²) < 4.78 is 10.5. The number of hydrogen-bond acceptors (Lipinski definition) is 4. The highest BCUT2D eigenvalue weighted by Gasteiger charge is 2.22. The predicted octanol–water partition coefficient (Wildman–Crippen LogP) is 2.93. The Morgan fingerprint density at radius 3 is 1.18 bits per heavy atom. The lowest BCUT2D eigenvalue weighted by atomic mass is 9.93. The van der Waals surface area contributed by atoms with Gasteiger partial charge < -0.3 is 20.1 Å². The van der Waals surface area contributed by atoms with Crippen molar-refractivity contribution in [1.29, 1.82) is 0 Å². The normalized spacial score (nSPS) is 13.5. The molecule has 0 aliphatic rings. The second-order valence-electron chi connectivity index (χ2n) is 5.08. The molecule has 0 amide bonds. The average Bonchev–Trinajstić information content (AvgIpc) is 2.60. The SMILES string of the molecule is CN[C@@H](c1ccc(OC)cc1)[C@@H](NC)c1ccc(OC)cc1. The molecule has 2 aromatic rings. The van der Waals surface area contributed by atoms with Gasteiger partial charge in [0, 0.05) is 0 Å². The molecule has 0 fully saturated rings. The number of rotatable bonds is 7. The maximum Gasteiger partial charge on any atom is 0.118 e. The Labute approximate surface area is 132 Å². The quantitative estimate of drug-likeness (QED) is 0.825. The molecule has 2 rings (SSSR count). The largest absolute Gasteiger partial charge is 0.497 e. The van der Waals surface area contributed by atoms with E-state index in [1.807, 2.05) is 38.4 Å². The summed E-state index contributed by atoms with van der Waals surface area (Å²) in [5.41, 5.74) is 2.41. The van der Waals surface area contributed by atoms with Gasteiger partial charge in [-0.1, -0.05) is 24.3 Å². The minimum absolute atomic E-state index is 0.157. The van der Waals surface area contributed by atoms with Gasteiger partial charge in [0.15, 0.2) is 0 Å². The number of methoxy groups -OCH3 is 2. The minimum atomic E-state index is 0.157. The third kappa shape index (κ3) is 3.59. The van der Waals surface area contributed by atoms with Crippen LogP contribution in [0.15, 0.2) is 48.5 Å². The number of nitrogens with one attached hydrogen (secondary N) is 2. The van der Waals surface area contributed by atoms with Crippen LogP contribution in [0.3, 0.4) is 0 Å². The molecule has 4 heteroatoms. The molecule has 0 heterocycles. The maximum absolute atomic E-state index is 5.23. The van der Waals surface area contributed by atoms with Gasteiger partial charge in [-0.2, -0.15) is 0 Å². The molecule has 4 nitrogen and oxygen atoms in total. The van der Waals surface area contributed by atoms with Crippen molar-refractivity contribution >= 4 is 0 Å². The standard InChI is InChI=1S/C18H24N2O2/c1-19-17(13-5-9-15(21-3)10-6-13)18(20-2)14-7-11-16(22-4)12-8-14/h5-12,17-20H,1-4H3/t17-,18-/m0/s1. The number of ether oxygens (including phenoxy) is 2. The molecular weight excluding hydrogens is 276 g/mol. The Kier molecular flexibility index (Phi) is 5.81. The van der Waals surface area contributed by atoms with Crippen LogP contribution >= 0.6 is 0 Å². The molecular formula is C18H24N2O2. The van der Waals surface area contributed by atoms with Crippen LogP contribution in [0.5, 0.6) is 11.5 Å². The minimum Gasteiger partial charge on any atom is -0.497 e. The number of likely N-dealkylation sites (N-methyl/N-ethyl adjacent to an activating group) is 2. The van der Waals surface area contributed by atoms with Gasteiger partial charge in [-0.05, 0) is 49.5 Å². The third-order valence-corrected chi connectivity index (χ3v) is 3.91. The summed E-state index contributed by atoms with van der Waals surface area (Å²) in [6.07, 6.45) is 0. The summed E-state index contributed by atoms with van der Waals surface area (Å²) in [6, 6.07) is 16.6. The number of hydrogen-bond donors (Lipinski definition) is 2. The molecule has 22 heavy (non-hydrogen) atoms. The van der Waals surface area contributed by atoms with E-state index < -0.39 is 0 Å². The van der Waals surface area contributed by atoms with E-state index in [1.165, 1.54) is 11.1 Å². The number of benzene rings is 2. The fraction of sp³-hybridized carbons (Fsp3) is 0.333. The maximum atomic E-state index is 5.23. The molecule has 0 spiro atoms. The smallest absolute Gasteiger partial charge is 0.118 e. The van der Waals surface area contributed by atoms with E-state index in [4.69, 9.17) is 9.47 Å². The Morgan fingerprint density at radius 2 is 0.955 bits per heavy atom. The van der Waals surface area contributed by atoms with E-state index in [0.717, 1.165) is 11.5 Å². The predicted molar refractivity (Wildman–Crippen MR) is 89.6 cm³/mol. The Bertz CT molecular complexity index is 513. The van der Waals surface area contributed by atoms with E-state index in [9.17, 15) is 0 Å². The van der Waals surface area contributed by atoms with Crippen molar-refractivity contribution in [2.45, 2.75) is 12.1 Å². The highest BCUT2D eigenvalue weighted by Crippen LogP contribution is 2.30. The molecule has 0 radical (unpaired) electrons. The zero-order valence-corrected chi connectivity index (χ0v) is 13.6. The van der Waals surface area contributed by atoms with Crippen molar-refractivity contribution in [1.82, 2.24) is 10.6 Å². The molecule has 0 unspecified atom stereocenters. The highest BCUT2D eigenvalue weighted by atomic mass is 16.5. The van der Waals surface area contributed by atoms with Crippen LogP contribution < -0.4 is 20.1 Å². The zero-order valence-electron chi connectivity index (χ0n) is 13.6. The Morgan fingerprint density at radius 1 is 0.636 bits per heavy atom. The van der Waals surface area contributed by atoms with E-state index >= 15 is 0 Å². The van der Waals surface area contributed by atoms with Gasteiger partial charge in [0.1, 0.15) is 11.5 Å². The summed E-state index contributed by atoms with van der Waals surface area (Å²) in [6.45, 7) is 0. The highest BCUT2D eigenvalue weighted by molar-refractivity contribution is 5.34. The van der Waals surface area contributed by atoms with Crippen LogP contribution in [-0.2, 0) is 0 Å². The third-order valence-electron chi connectivity index (χ3n) is 3.91. The summed E-state index contributed by atoms with van der Waals surface area (Å²) in [5.74, 6) is 1.73. The summed E-state index contributed by atoms with van der Waals surface area (Å²) >= 11 is 0. The van der Waals surface area contributed by atoms with Crippen molar-refractivity contribution in [3.63, 3.8) is 0 Å². The second-order valence-corrected chi connectivity index (χ2v) is 5.08. The molecule has 0 aliphatic carbocycles. The molecule has 0 bridgehead atoms. The molecule has 0 aliphatic heterocycles. The fourth-order valence-electron chi connectivity index (χ4n) is 2.67. The topological polar surface area (TPSA) is 42.5 Å². The molecule has 0 saturated heterocycles. The Balaban J connectivity index is 2.28. The van der Waals surface area contributed by atoms with E-state index in [0.29, 0.717) is 0 Å². The molecule has 2 atom stereocenters. The van der Waals surface area contributed by atoms with Gasteiger partial charge >= 0.3 is 0 Å². The summed E-state index contributed by atoms with van der Waals surface area (Å²) in [4.78, 5) is 0. The van der Waals surface area contributed by atoms with Crippen molar-refractivity contribution in [2.75, 3.05) is 28.3 Å². The zero-order chi connectivity index (χ0) is 15.9. The first-order chi connectivity index (χ1) is 10.7. The van der Waals surface area contributed by atoms with Crippen molar-refractivity contribution in [2.24, 2.45) is 0 Å². The summed E-state index contributed by atoms with van der Waals surface area (Å²) in [5, 5.41) is 6.80. The molecule has 118 valence electrons. The lowest BCUT2D eigenvalue weighted by Gasteiger charge is -2.27. The first-order valence-corrected chi connectivity index (χ1v) is 7.36. The Hall–Kier alpha value is -2.04. The van der Waals surface area contributed by atoms with Crippen LogP contribution in [0.25, 0.3) is 0 Å². The van der Waals surface area contributed by atoms with Gasteiger partial charge in [0.2, 0.25) is 0 Å². The summed E-state index contributed by atoms with van der Waals surface area (Å²) in [7, 11) is 7.31. The van der Waals surface area contributed by atoms with Gasteiger partial charge in [-0.15, -0.1) is 0 Å².